The second-order valence-corrected chi connectivity index (χ2v) is 5.84. The molecule has 1 aromatic rings. The minimum absolute atomic E-state index is 0.798. The van der Waals surface area contributed by atoms with Crippen LogP contribution in [0.15, 0.2) is 22.7 Å². The number of hydrogen-bond acceptors (Lipinski definition) is 3. The summed E-state index contributed by atoms with van der Waals surface area (Å²) in [7, 11) is 0. The molecule has 0 bridgehead atoms. The van der Waals surface area contributed by atoms with Crippen LogP contribution in [0.4, 0.5) is 0 Å². The van der Waals surface area contributed by atoms with E-state index in [1.807, 2.05) is 12.1 Å². The number of morpholine rings is 1. The maximum absolute atomic E-state index is 5.82. The molecule has 4 heteroatoms. The maximum atomic E-state index is 5.82. The quantitative estimate of drug-likeness (QED) is 0.748. The van der Waals surface area contributed by atoms with Crippen molar-refractivity contribution in [2.24, 2.45) is 0 Å². The molecule has 2 rings (SSSR count). The zero-order valence-corrected chi connectivity index (χ0v) is 13.1. The lowest BCUT2D eigenvalue weighted by molar-refractivity contribution is 0.0368. The summed E-state index contributed by atoms with van der Waals surface area (Å²) in [6, 6.07) is 6.14. The summed E-state index contributed by atoms with van der Waals surface area (Å²) < 4.78 is 12.3. The Morgan fingerprint density at radius 3 is 2.79 bits per heavy atom. The number of unbranched alkanes of at least 4 members (excludes halogenated alkanes) is 1. The molecular formula is C15H22BrNO2. The van der Waals surface area contributed by atoms with E-state index in [1.54, 1.807) is 0 Å². The Kier molecular flexibility index (Phi) is 6.14. The summed E-state index contributed by atoms with van der Waals surface area (Å²) in [6.07, 6.45) is 2.29. The molecule has 0 saturated carbocycles. The van der Waals surface area contributed by atoms with E-state index in [0.717, 1.165) is 56.1 Å². The first kappa shape index (κ1) is 14.8. The van der Waals surface area contributed by atoms with Gasteiger partial charge < -0.3 is 9.47 Å². The largest absolute Gasteiger partial charge is 0.493 e. The van der Waals surface area contributed by atoms with Crippen LogP contribution in [-0.4, -0.2) is 44.4 Å². The van der Waals surface area contributed by atoms with Crippen LogP contribution >= 0.6 is 15.9 Å². The second kappa shape index (κ2) is 7.88. The van der Waals surface area contributed by atoms with Crippen molar-refractivity contribution in [3.05, 3.63) is 28.2 Å². The van der Waals surface area contributed by atoms with Gasteiger partial charge in [-0.2, -0.15) is 0 Å². The normalized spacial score (nSPS) is 16.5. The fourth-order valence-corrected chi connectivity index (χ4v) is 2.69. The second-order valence-electron chi connectivity index (χ2n) is 4.92. The Hall–Kier alpha value is -0.580. The van der Waals surface area contributed by atoms with Gasteiger partial charge in [0.05, 0.1) is 19.8 Å². The summed E-state index contributed by atoms with van der Waals surface area (Å²) in [6.45, 7) is 7.95. The number of aryl methyl sites for hydroxylation is 1. The van der Waals surface area contributed by atoms with Crippen molar-refractivity contribution in [2.75, 3.05) is 39.5 Å². The zero-order valence-electron chi connectivity index (χ0n) is 11.5. The summed E-state index contributed by atoms with van der Waals surface area (Å²) in [4.78, 5) is 2.47. The van der Waals surface area contributed by atoms with E-state index in [9.17, 15) is 0 Å². The number of rotatable bonds is 6. The highest BCUT2D eigenvalue weighted by Gasteiger charge is 2.09. The molecule has 1 saturated heterocycles. The number of hydrogen-bond donors (Lipinski definition) is 0. The van der Waals surface area contributed by atoms with Gasteiger partial charge in [0.1, 0.15) is 5.75 Å². The lowest BCUT2D eigenvalue weighted by Gasteiger charge is -2.26. The minimum atomic E-state index is 0.798. The van der Waals surface area contributed by atoms with E-state index >= 15 is 0 Å². The monoisotopic (exact) mass is 327 g/mol. The molecule has 1 fully saturated rings. The van der Waals surface area contributed by atoms with Crippen LogP contribution in [0.25, 0.3) is 0 Å². The highest BCUT2D eigenvalue weighted by Crippen LogP contribution is 2.22. The Morgan fingerprint density at radius 1 is 1.26 bits per heavy atom. The van der Waals surface area contributed by atoms with Gasteiger partial charge in [-0.3, -0.25) is 4.90 Å². The Bertz CT molecular complexity index is 392. The first-order chi connectivity index (χ1) is 9.25. The minimum Gasteiger partial charge on any atom is -0.493 e. The summed E-state index contributed by atoms with van der Waals surface area (Å²) in [5.41, 5.74) is 1.18. The van der Waals surface area contributed by atoms with Crippen LogP contribution in [-0.2, 0) is 4.74 Å². The van der Waals surface area contributed by atoms with Gasteiger partial charge in [-0.1, -0.05) is 15.9 Å². The van der Waals surface area contributed by atoms with Crippen molar-refractivity contribution in [1.82, 2.24) is 4.90 Å². The van der Waals surface area contributed by atoms with Gasteiger partial charge in [-0.05, 0) is 50.1 Å². The van der Waals surface area contributed by atoms with Crippen molar-refractivity contribution >= 4 is 15.9 Å². The molecule has 1 aliphatic rings. The molecular weight excluding hydrogens is 306 g/mol. The Morgan fingerprint density at radius 2 is 2.05 bits per heavy atom. The summed E-state index contributed by atoms with van der Waals surface area (Å²) >= 11 is 3.46. The van der Waals surface area contributed by atoms with Crippen LogP contribution in [0.1, 0.15) is 18.4 Å². The fraction of sp³-hybridized carbons (Fsp3) is 0.600. The predicted molar refractivity (Wildman–Crippen MR) is 80.9 cm³/mol. The molecule has 3 nitrogen and oxygen atoms in total. The molecule has 0 spiro atoms. The number of ether oxygens (including phenoxy) is 2. The van der Waals surface area contributed by atoms with Crippen molar-refractivity contribution in [1.29, 1.82) is 0 Å². The van der Waals surface area contributed by atoms with Gasteiger partial charge in [0.25, 0.3) is 0 Å². The van der Waals surface area contributed by atoms with Crippen molar-refractivity contribution in [3.8, 4) is 5.75 Å². The van der Waals surface area contributed by atoms with Crippen molar-refractivity contribution in [2.45, 2.75) is 19.8 Å². The highest BCUT2D eigenvalue weighted by molar-refractivity contribution is 9.10. The molecule has 1 heterocycles. The van der Waals surface area contributed by atoms with Gasteiger partial charge >= 0.3 is 0 Å². The number of halogens is 1. The zero-order chi connectivity index (χ0) is 13.5. The van der Waals surface area contributed by atoms with Gasteiger partial charge in [0.15, 0.2) is 0 Å². The van der Waals surface area contributed by atoms with Crippen LogP contribution in [0.5, 0.6) is 5.75 Å². The Labute approximate surface area is 124 Å². The average Bonchev–Trinajstić information content (AvgIpc) is 2.42. The van der Waals surface area contributed by atoms with Gasteiger partial charge in [-0.25, -0.2) is 0 Å². The third-order valence-electron chi connectivity index (χ3n) is 3.37. The number of nitrogens with zero attached hydrogens (tertiary/aromatic N) is 1. The summed E-state index contributed by atoms with van der Waals surface area (Å²) in [5, 5.41) is 0. The lowest BCUT2D eigenvalue weighted by Crippen LogP contribution is -2.36. The number of benzene rings is 1. The van der Waals surface area contributed by atoms with E-state index in [0.29, 0.717) is 0 Å². The first-order valence-electron chi connectivity index (χ1n) is 6.95. The third kappa shape index (κ3) is 5.13. The van der Waals surface area contributed by atoms with Crippen molar-refractivity contribution < 1.29 is 9.47 Å². The van der Waals surface area contributed by atoms with Crippen LogP contribution in [0, 0.1) is 6.92 Å². The van der Waals surface area contributed by atoms with Gasteiger partial charge in [0, 0.05) is 17.6 Å². The molecule has 0 aliphatic carbocycles. The molecule has 0 aromatic heterocycles. The molecule has 1 aliphatic heterocycles. The maximum Gasteiger partial charge on any atom is 0.122 e. The average molecular weight is 328 g/mol. The molecule has 0 unspecified atom stereocenters. The topological polar surface area (TPSA) is 21.7 Å². The Balaban J connectivity index is 1.61. The molecule has 1 aromatic carbocycles. The van der Waals surface area contributed by atoms with E-state index in [-0.39, 0.29) is 0 Å². The highest BCUT2D eigenvalue weighted by atomic mass is 79.9. The SMILES string of the molecule is Cc1cc(Br)ccc1OCCCCN1CCOCC1. The van der Waals surface area contributed by atoms with Gasteiger partial charge in [-0.15, -0.1) is 0 Å². The van der Waals surface area contributed by atoms with Gasteiger partial charge in [0.2, 0.25) is 0 Å². The van der Waals surface area contributed by atoms with Crippen LogP contribution in [0.3, 0.4) is 0 Å². The van der Waals surface area contributed by atoms with E-state index < -0.39 is 0 Å². The lowest BCUT2D eigenvalue weighted by atomic mass is 10.2. The molecule has 0 N–H and O–H groups in total. The third-order valence-corrected chi connectivity index (χ3v) is 3.86. The molecule has 106 valence electrons. The predicted octanol–water partition coefficient (Wildman–Crippen LogP) is 3.25. The fourth-order valence-electron chi connectivity index (χ4n) is 2.22. The first-order valence-corrected chi connectivity index (χ1v) is 7.74. The molecule has 0 amide bonds. The molecule has 19 heavy (non-hydrogen) atoms. The standard InChI is InChI=1S/C15H22BrNO2/c1-13-12-14(16)4-5-15(13)19-9-3-2-6-17-7-10-18-11-8-17/h4-5,12H,2-3,6-11H2,1H3. The summed E-state index contributed by atoms with van der Waals surface area (Å²) in [5.74, 6) is 0.995. The van der Waals surface area contributed by atoms with E-state index in [2.05, 4.69) is 33.8 Å². The smallest absolute Gasteiger partial charge is 0.122 e. The van der Waals surface area contributed by atoms with E-state index in [1.165, 1.54) is 12.0 Å². The van der Waals surface area contributed by atoms with Crippen LogP contribution < -0.4 is 4.74 Å². The molecule has 0 atom stereocenters. The van der Waals surface area contributed by atoms with Crippen LogP contribution in [0.2, 0.25) is 0 Å². The van der Waals surface area contributed by atoms with E-state index in [4.69, 9.17) is 9.47 Å². The van der Waals surface area contributed by atoms with Crippen molar-refractivity contribution in [3.63, 3.8) is 0 Å². The molecule has 0 radical (unpaired) electrons.